The molecule has 0 aliphatic carbocycles. The van der Waals surface area contributed by atoms with Gasteiger partial charge in [0, 0.05) is 7.05 Å². The second-order valence-electron chi connectivity index (χ2n) is 1.56. The summed E-state index contributed by atoms with van der Waals surface area (Å²) in [5.41, 5.74) is 0. The van der Waals surface area contributed by atoms with Gasteiger partial charge in [-0.15, -0.1) is 11.8 Å². The van der Waals surface area contributed by atoms with E-state index in [0.29, 0.717) is 10.9 Å². The summed E-state index contributed by atoms with van der Waals surface area (Å²) in [6, 6.07) is 0. The van der Waals surface area contributed by atoms with Crippen molar-refractivity contribution < 1.29 is 5.11 Å². The summed E-state index contributed by atoms with van der Waals surface area (Å²) in [6.07, 6.45) is 1.86. The summed E-state index contributed by atoms with van der Waals surface area (Å²) >= 11 is 1.41. The lowest BCUT2D eigenvalue weighted by Crippen LogP contribution is -2.06. The van der Waals surface area contributed by atoms with Crippen LogP contribution in [-0.4, -0.2) is 30.1 Å². The molecule has 0 bridgehead atoms. The van der Waals surface area contributed by atoms with Crippen molar-refractivity contribution in [1.29, 1.82) is 0 Å². The van der Waals surface area contributed by atoms with Crippen LogP contribution in [-0.2, 0) is 0 Å². The Hall–Kier alpha value is -0.480. The largest absolute Gasteiger partial charge is 0.389 e. The summed E-state index contributed by atoms with van der Waals surface area (Å²) in [4.78, 5) is 3.96. The molecule has 0 aromatic rings. The number of aliphatic imine (C=N–C) groups is 1. The number of thioether (sulfide) groups is 1. The Bertz CT molecular complexity index is 139. The zero-order valence-electron chi connectivity index (χ0n) is 6.22. The highest BCUT2D eigenvalue weighted by molar-refractivity contribution is 8.13. The van der Waals surface area contributed by atoms with Gasteiger partial charge in [0.2, 0.25) is 0 Å². The lowest BCUT2D eigenvalue weighted by atomic mass is 10.7. The summed E-state index contributed by atoms with van der Waals surface area (Å²) in [5, 5.41) is 12.1. The first-order chi connectivity index (χ1) is 4.74. The van der Waals surface area contributed by atoms with Crippen molar-refractivity contribution in [3.05, 3.63) is 12.4 Å². The highest BCUT2D eigenvalue weighted by atomic mass is 32.2. The van der Waals surface area contributed by atoms with Crippen LogP contribution in [0.5, 0.6) is 0 Å². The van der Waals surface area contributed by atoms with Crippen molar-refractivity contribution in [2.75, 3.05) is 19.9 Å². The molecule has 58 valence electrons. The van der Waals surface area contributed by atoms with Crippen molar-refractivity contribution >= 4 is 16.8 Å². The van der Waals surface area contributed by atoms with Crippen molar-refractivity contribution in [3.8, 4) is 0 Å². The van der Waals surface area contributed by atoms with E-state index in [4.69, 9.17) is 5.11 Å². The van der Waals surface area contributed by atoms with Crippen molar-refractivity contribution in [2.45, 2.75) is 0 Å². The molecule has 0 rings (SSSR count). The smallest absolute Gasteiger partial charge is 0.119 e. The summed E-state index contributed by atoms with van der Waals surface area (Å²) in [5.74, 6) is 0.568. The molecule has 4 heteroatoms. The van der Waals surface area contributed by atoms with Crippen LogP contribution >= 0.6 is 11.8 Å². The van der Waals surface area contributed by atoms with Gasteiger partial charge in [0.25, 0.3) is 0 Å². The zero-order valence-corrected chi connectivity index (χ0v) is 7.03. The van der Waals surface area contributed by atoms with E-state index < -0.39 is 0 Å². The minimum Gasteiger partial charge on any atom is -0.389 e. The molecule has 0 fully saturated rings. The topological polar surface area (TPSA) is 44.6 Å². The van der Waals surface area contributed by atoms with E-state index in [0.717, 1.165) is 0 Å². The molecular weight excluding hydrogens is 148 g/mol. The molecule has 0 aliphatic heterocycles. The molecule has 0 amide bonds. The number of aliphatic hydroxyl groups excluding tert-OH is 1. The Morgan fingerprint density at radius 3 is 2.70 bits per heavy atom. The average molecular weight is 160 g/mol. The van der Waals surface area contributed by atoms with E-state index in [1.165, 1.54) is 11.8 Å². The van der Waals surface area contributed by atoms with E-state index in [9.17, 15) is 0 Å². The molecule has 0 aromatic carbocycles. The average Bonchev–Trinajstić information content (AvgIpc) is 1.99. The van der Waals surface area contributed by atoms with E-state index in [1.807, 2.05) is 6.26 Å². The number of aliphatic hydroxyl groups is 1. The van der Waals surface area contributed by atoms with Crippen LogP contribution in [0.2, 0.25) is 0 Å². The second kappa shape index (κ2) is 5.32. The van der Waals surface area contributed by atoms with E-state index >= 15 is 0 Å². The Morgan fingerprint density at radius 2 is 2.40 bits per heavy atom. The van der Waals surface area contributed by atoms with Gasteiger partial charge in [-0.2, -0.15) is 0 Å². The lowest BCUT2D eigenvalue weighted by molar-refractivity contribution is 0.360. The molecule has 0 saturated heterocycles. The maximum Gasteiger partial charge on any atom is 0.119 e. The molecule has 0 unspecified atom stereocenters. The number of nitrogens with zero attached hydrogens (tertiary/aromatic N) is 1. The molecule has 0 radical (unpaired) electrons. The molecule has 0 aliphatic rings. The molecule has 0 atom stereocenters. The first-order valence-electron chi connectivity index (χ1n) is 2.83. The predicted octanol–water partition coefficient (Wildman–Crippen LogP) is 0.431. The van der Waals surface area contributed by atoms with Gasteiger partial charge < -0.3 is 10.4 Å². The fourth-order valence-corrected chi connectivity index (χ4v) is 0.683. The zero-order chi connectivity index (χ0) is 7.98. The van der Waals surface area contributed by atoms with Gasteiger partial charge in [-0.3, -0.25) is 0 Å². The van der Waals surface area contributed by atoms with Crippen LogP contribution in [0.3, 0.4) is 0 Å². The van der Waals surface area contributed by atoms with Gasteiger partial charge in [0.05, 0.1) is 6.61 Å². The van der Waals surface area contributed by atoms with Crippen LogP contribution < -0.4 is 5.32 Å². The molecule has 0 heterocycles. The molecule has 0 spiro atoms. The van der Waals surface area contributed by atoms with Crippen LogP contribution in [0, 0.1) is 0 Å². The van der Waals surface area contributed by atoms with Gasteiger partial charge in [-0.05, 0) is 6.26 Å². The van der Waals surface area contributed by atoms with Gasteiger partial charge >= 0.3 is 0 Å². The third kappa shape index (κ3) is 3.53. The summed E-state index contributed by atoms with van der Waals surface area (Å²) < 4.78 is 0. The quantitative estimate of drug-likeness (QED) is 0.465. The molecule has 2 N–H and O–H groups in total. The van der Waals surface area contributed by atoms with Gasteiger partial charge in [0.15, 0.2) is 0 Å². The molecular formula is C6H12N2OS. The maximum absolute atomic E-state index is 8.65. The van der Waals surface area contributed by atoms with Gasteiger partial charge in [0.1, 0.15) is 10.9 Å². The Labute approximate surface area is 65.2 Å². The highest BCUT2D eigenvalue weighted by Gasteiger charge is 1.92. The fraction of sp³-hybridized carbons (Fsp3) is 0.500. The molecule has 0 aromatic heterocycles. The monoisotopic (exact) mass is 160 g/mol. The maximum atomic E-state index is 8.65. The number of nitrogens with one attached hydrogen (secondary N) is 1. The van der Waals surface area contributed by atoms with Crippen molar-refractivity contribution in [2.24, 2.45) is 4.99 Å². The van der Waals surface area contributed by atoms with Crippen LogP contribution in [0.25, 0.3) is 0 Å². The third-order valence-corrected chi connectivity index (χ3v) is 1.61. The minimum absolute atomic E-state index is 0.0259. The molecule has 0 saturated carbocycles. The number of rotatable bonds is 3. The van der Waals surface area contributed by atoms with Gasteiger partial charge in [-0.1, -0.05) is 6.58 Å². The molecule has 3 nitrogen and oxygen atoms in total. The van der Waals surface area contributed by atoms with Crippen LogP contribution in [0.1, 0.15) is 0 Å². The lowest BCUT2D eigenvalue weighted by Gasteiger charge is -1.99. The predicted molar refractivity (Wildman–Crippen MR) is 46.2 cm³/mol. The standard InChI is InChI=1S/C6H12N2OS/c1-5(7-2)8-6(4-9)10-3/h7,9H,1,4H2,2-3H3. The molecule has 10 heavy (non-hydrogen) atoms. The van der Waals surface area contributed by atoms with Crippen LogP contribution in [0.15, 0.2) is 17.4 Å². The van der Waals surface area contributed by atoms with E-state index in [2.05, 4.69) is 16.9 Å². The van der Waals surface area contributed by atoms with Crippen molar-refractivity contribution in [1.82, 2.24) is 5.32 Å². The Morgan fingerprint density at radius 1 is 1.80 bits per heavy atom. The highest BCUT2D eigenvalue weighted by Crippen LogP contribution is 1.99. The normalized spacial score (nSPS) is 11.3. The second-order valence-corrected chi connectivity index (χ2v) is 2.44. The van der Waals surface area contributed by atoms with E-state index in [-0.39, 0.29) is 6.61 Å². The SMILES string of the molecule is C=C(N=C(CO)SC)NC. The fourth-order valence-electron chi connectivity index (χ4n) is 0.352. The first kappa shape index (κ1) is 9.52. The Balaban J connectivity index is 3.96. The first-order valence-corrected chi connectivity index (χ1v) is 4.06. The Kier molecular flexibility index (Phi) is 5.06. The third-order valence-electron chi connectivity index (χ3n) is 0.919. The summed E-state index contributed by atoms with van der Waals surface area (Å²) in [6.45, 7) is 3.56. The minimum atomic E-state index is -0.0259. The van der Waals surface area contributed by atoms with Gasteiger partial charge in [-0.25, -0.2) is 4.99 Å². The summed E-state index contributed by atoms with van der Waals surface area (Å²) in [7, 11) is 1.74. The number of hydrogen-bond donors (Lipinski definition) is 2. The van der Waals surface area contributed by atoms with E-state index in [1.54, 1.807) is 7.05 Å². The van der Waals surface area contributed by atoms with Crippen molar-refractivity contribution in [3.63, 3.8) is 0 Å². The number of hydrogen-bond acceptors (Lipinski definition) is 4. The van der Waals surface area contributed by atoms with Crippen LogP contribution in [0.4, 0.5) is 0 Å².